The van der Waals surface area contributed by atoms with Crippen LogP contribution >= 0.6 is 23.5 Å². The van der Waals surface area contributed by atoms with E-state index in [1.165, 1.54) is 18.0 Å². The minimum absolute atomic E-state index is 0. The Balaban J connectivity index is 0.00000304. The zero-order chi connectivity index (χ0) is 24.7. The van der Waals surface area contributed by atoms with Gasteiger partial charge in [-0.15, -0.1) is 11.8 Å². The molecule has 0 saturated carbocycles. The third-order valence-corrected chi connectivity index (χ3v) is 7.72. The number of aromatic nitrogens is 4. The number of thioether (sulfide) groups is 2. The summed E-state index contributed by atoms with van der Waals surface area (Å²) >= 11 is 2.20. The Labute approximate surface area is 233 Å². The number of β-lactam (4-membered cyclic amide) rings is 1. The second kappa shape index (κ2) is 10.5. The van der Waals surface area contributed by atoms with Crippen LogP contribution in [0.5, 0.6) is 0 Å². The molecule has 1 saturated heterocycles. The predicted molar refractivity (Wildman–Crippen MR) is 124 cm³/mol. The van der Waals surface area contributed by atoms with Gasteiger partial charge in [0.2, 0.25) is 0 Å². The number of fused-ring (bicyclic) bond motifs is 2. The van der Waals surface area contributed by atoms with Crippen molar-refractivity contribution in [3.63, 3.8) is 0 Å². The fraction of sp³-hybridized carbons (Fsp3) is 0.150. The van der Waals surface area contributed by atoms with Gasteiger partial charge >= 0.3 is 29.6 Å². The van der Waals surface area contributed by atoms with E-state index in [1.807, 2.05) is 0 Å². The van der Waals surface area contributed by atoms with Gasteiger partial charge in [-0.25, -0.2) is 9.97 Å². The first-order valence-corrected chi connectivity index (χ1v) is 11.9. The number of aliphatic carboxylic acids is 1. The fourth-order valence-corrected chi connectivity index (χ4v) is 6.10. The summed E-state index contributed by atoms with van der Waals surface area (Å²) in [4.78, 5) is 47.4. The summed E-state index contributed by atoms with van der Waals surface area (Å²) < 4.78 is 0. The van der Waals surface area contributed by atoms with Crippen molar-refractivity contribution in [2.24, 2.45) is 5.16 Å². The summed E-state index contributed by atoms with van der Waals surface area (Å²) in [6.45, 7) is 0. The molecule has 36 heavy (non-hydrogen) atoms. The van der Waals surface area contributed by atoms with E-state index >= 15 is 0 Å². The third kappa shape index (κ3) is 4.55. The van der Waals surface area contributed by atoms with Crippen LogP contribution in [-0.2, 0) is 14.4 Å². The first-order chi connectivity index (χ1) is 16.9. The van der Waals surface area contributed by atoms with E-state index in [2.05, 4.69) is 30.6 Å². The second-order valence-corrected chi connectivity index (χ2v) is 9.53. The van der Waals surface area contributed by atoms with Crippen molar-refractivity contribution in [3.05, 3.63) is 52.7 Å². The number of oxime groups is 1. The maximum atomic E-state index is 12.9. The first-order valence-electron chi connectivity index (χ1n) is 10.0. The number of hydrogen-bond acceptors (Lipinski definition) is 12. The van der Waals surface area contributed by atoms with Gasteiger partial charge in [-0.3, -0.25) is 19.6 Å². The second-order valence-electron chi connectivity index (χ2n) is 7.36. The van der Waals surface area contributed by atoms with Gasteiger partial charge in [0.25, 0.3) is 11.8 Å². The quantitative estimate of drug-likeness (QED) is 0.0605. The Morgan fingerprint density at radius 1 is 1.31 bits per heavy atom. The van der Waals surface area contributed by atoms with Crippen molar-refractivity contribution >= 4 is 63.9 Å². The number of nitrogen functional groups attached to an aromatic ring is 1. The van der Waals surface area contributed by atoms with Crippen LogP contribution in [0.15, 0.2) is 57.4 Å². The smallest absolute Gasteiger partial charge is 0.543 e. The van der Waals surface area contributed by atoms with Crippen molar-refractivity contribution in [1.82, 2.24) is 30.4 Å². The van der Waals surface area contributed by atoms with E-state index in [4.69, 9.17) is 5.73 Å². The van der Waals surface area contributed by atoms with E-state index in [0.29, 0.717) is 21.5 Å². The average molecular weight is 535 g/mol. The molecule has 2 amide bonds. The molecule has 16 heteroatoms. The Bertz CT molecular complexity index is 1430. The molecule has 13 nitrogen and oxygen atoms in total. The molecule has 0 spiro atoms. The van der Waals surface area contributed by atoms with Crippen LogP contribution in [0, 0.1) is 0 Å². The molecule has 1 unspecified atom stereocenters. The molecule has 4 heterocycles. The number of H-pyrrole nitrogens is 1. The number of nitrogens with two attached hydrogens (primary N) is 1. The molecule has 178 valence electrons. The molecule has 5 N–H and O–H groups in total. The maximum Gasteiger partial charge on any atom is 1.00 e. The monoisotopic (exact) mass is 534 g/mol. The summed E-state index contributed by atoms with van der Waals surface area (Å²) in [5.74, 6) is -2.59. The van der Waals surface area contributed by atoms with Crippen LogP contribution < -0.4 is 45.7 Å². The molecule has 3 aromatic rings. The number of carboxylic acid groups (broad SMARTS) is 1. The number of anilines is 1. The van der Waals surface area contributed by atoms with Crippen molar-refractivity contribution in [3.8, 4) is 0 Å². The fourth-order valence-electron chi connectivity index (χ4n) is 3.69. The zero-order valence-corrected chi connectivity index (χ0v) is 22.2. The number of carbonyl (C=O) groups excluding carboxylic acids is 3. The number of carbonyl (C=O) groups is 3. The number of benzene rings is 1. The molecule has 1 fully saturated rings. The number of amides is 2. The number of nitrogens with zero attached hydrogens (tertiary/aromatic N) is 5. The number of aromatic amines is 1. The van der Waals surface area contributed by atoms with E-state index in [-0.39, 0.29) is 57.7 Å². The molecule has 2 aliphatic rings. The van der Waals surface area contributed by atoms with Gasteiger partial charge in [-0.05, 0) is 0 Å². The van der Waals surface area contributed by atoms with Crippen LogP contribution in [0.3, 0.4) is 0 Å². The normalized spacial score (nSPS) is 19.4. The van der Waals surface area contributed by atoms with Gasteiger partial charge in [0.05, 0.1) is 23.2 Å². The molecular formula is C20H15N8NaO5S2. The topological polar surface area (TPSA) is 203 Å². The number of carboxylic acids is 1. The summed E-state index contributed by atoms with van der Waals surface area (Å²) in [5.41, 5.74) is 6.08. The van der Waals surface area contributed by atoms with E-state index in [1.54, 1.807) is 30.3 Å². The van der Waals surface area contributed by atoms with Gasteiger partial charge < -0.3 is 26.2 Å². The van der Waals surface area contributed by atoms with E-state index in [9.17, 15) is 24.7 Å². The van der Waals surface area contributed by atoms with Gasteiger partial charge in [0.1, 0.15) is 17.2 Å². The molecule has 2 aromatic heterocycles. The van der Waals surface area contributed by atoms with Crippen molar-refractivity contribution in [2.75, 3.05) is 11.5 Å². The van der Waals surface area contributed by atoms with Crippen LogP contribution in [0.2, 0.25) is 0 Å². The molecule has 2 atom stereocenters. The van der Waals surface area contributed by atoms with Crippen molar-refractivity contribution in [2.45, 2.75) is 16.6 Å². The van der Waals surface area contributed by atoms with Gasteiger partial charge in [-0.1, -0.05) is 47.2 Å². The number of nitrogens with one attached hydrogen (secondary N) is 2. The van der Waals surface area contributed by atoms with Crippen molar-refractivity contribution < 1.29 is 54.3 Å². The summed E-state index contributed by atoms with van der Waals surface area (Å²) in [6, 6.07) is 7.21. The zero-order valence-electron chi connectivity index (χ0n) is 18.5. The minimum atomic E-state index is -1.55. The SMILES string of the molecule is Nc1nc(SC2=C(C(=O)[O-])N3C(=O)C(NC(=O)/C(=N\O)c4ccccc4)[C@H]3SC2)nc2[nH]ncc12.[Na+]. The molecule has 0 aliphatic carbocycles. The Hall–Kier alpha value is -3.11. The molecule has 5 rings (SSSR count). The van der Waals surface area contributed by atoms with Crippen LogP contribution in [0.4, 0.5) is 5.82 Å². The number of hydrogen-bond donors (Lipinski definition) is 4. The first kappa shape index (κ1) is 26.0. The van der Waals surface area contributed by atoms with Crippen LogP contribution in [0.1, 0.15) is 5.56 Å². The minimum Gasteiger partial charge on any atom is -0.543 e. The van der Waals surface area contributed by atoms with Crippen LogP contribution in [-0.4, -0.2) is 70.9 Å². The molecule has 1 aromatic carbocycles. The molecule has 2 aliphatic heterocycles. The maximum absolute atomic E-state index is 12.9. The van der Waals surface area contributed by atoms with Crippen LogP contribution in [0.25, 0.3) is 11.0 Å². The van der Waals surface area contributed by atoms with E-state index < -0.39 is 29.2 Å². The van der Waals surface area contributed by atoms with Crippen molar-refractivity contribution in [1.29, 1.82) is 0 Å². The Kier molecular flexibility index (Phi) is 7.56. The summed E-state index contributed by atoms with van der Waals surface area (Å²) in [6.07, 6.45) is 1.48. The third-order valence-electron chi connectivity index (χ3n) is 5.31. The van der Waals surface area contributed by atoms with Gasteiger partial charge in [0.15, 0.2) is 16.5 Å². The average Bonchev–Trinajstić information content (AvgIpc) is 3.32. The Morgan fingerprint density at radius 2 is 2.06 bits per heavy atom. The van der Waals surface area contributed by atoms with Gasteiger partial charge in [-0.2, -0.15) is 5.10 Å². The molecular weight excluding hydrogens is 519 g/mol. The predicted octanol–water partition coefficient (Wildman–Crippen LogP) is -3.73. The Morgan fingerprint density at radius 3 is 2.75 bits per heavy atom. The molecule has 0 bridgehead atoms. The largest absolute Gasteiger partial charge is 1.00 e. The van der Waals surface area contributed by atoms with Gasteiger partial charge in [0, 0.05) is 16.2 Å². The number of rotatable bonds is 6. The summed E-state index contributed by atoms with van der Waals surface area (Å²) in [5, 5.41) is 33.4. The van der Waals surface area contributed by atoms with E-state index in [0.717, 1.165) is 16.7 Å². The standard InChI is InChI=1S/C20H16N8O5S2.Na/c21-14-9-6-22-26-15(9)25-20(24-14)35-10-7-34-18-12(17(30)28(18)13(10)19(31)32)23-16(29)11(27-33)8-4-2-1-3-5-8;/h1-6,12,18,33H,7H2,(H,23,29)(H,31,32)(H3,21,22,24,25,26);/q;+1/p-1/b27-11-;/t12?,18-;/m1./s1. The summed E-state index contributed by atoms with van der Waals surface area (Å²) in [7, 11) is 0. The molecule has 0 radical (unpaired) electrons.